The molecule has 3 rings (SSSR count). The van der Waals surface area contributed by atoms with Crippen molar-refractivity contribution in [3.8, 4) is 17.1 Å². The molecule has 11 heteroatoms. The number of benzene rings is 1. The molecule has 0 N–H and O–H groups in total. The molecule has 0 fully saturated rings. The minimum atomic E-state index is -4.91. The number of hydrogen-bond donors (Lipinski definition) is 0. The molecule has 1 unspecified atom stereocenters. The van der Waals surface area contributed by atoms with Gasteiger partial charge in [-0.05, 0) is 26.0 Å². The van der Waals surface area contributed by atoms with Crippen molar-refractivity contribution in [2.24, 2.45) is 7.05 Å². The zero-order valence-corrected chi connectivity index (χ0v) is 16.1. The summed E-state index contributed by atoms with van der Waals surface area (Å²) in [4.78, 5) is 0. The lowest BCUT2D eigenvalue weighted by Crippen LogP contribution is -2.29. The Morgan fingerprint density at radius 1 is 1.07 bits per heavy atom. The molecule has 0 saturated carbocycles. The van der Waals surface area contributed by atoms with E-state index in [9.17, 15) is 26.3 Å². The zero-order valence-electron chi connectivity index (χ0n) is 16.1. The standard InChI is InChI=1S/C19H17F6N3O2/c1-18(2,30-15-12(21)8-10(20)9-13(15)22)17-27-26-16(28(17)3)11-6-4-5-7-14(11)29-19(23,24)25/h4-8,13H,9H2,1-3H3. The van der Waals surface area contributed by atoms with E-state index in [0.29, 0.717) is 6.08 Å². The molecule has 1 aliphatic carbocycles. The highest BCUT2D eigenvalue weighted by atomic mass is 19.4. The van der Waals surface area contributed by atoms with Crippen LogP contribution in [0.25, 0.3) is 11.4 Å². The Hall–Kier alpha value is -2.98. The van der Waals surface area contributed by atoms with Crippen molar-refractivity contribution in [2.75, 3.05) is 0 Å². The number of aromatic nitrogens is 3. The fourth-order valence-corrected chi connectivity index (χ4v) is 3.07. The molecular formula is C19H17F6N3O2. The van der Waals surface area contributed by atoms with Gasteiger partial charge in [-0.15, -0.1) is 23.4 Å². The molecule has 5 nitrogen and oxygen atoms in total. The summed E-state index contributed by atoms with van der Waals surface area (Å²) in [5.41, 5.74) is -1.44. The normalized spacial score (nSPS) is 17.8. The van der Waals surface area contributed by atoms with Gasteiger partial charge in [-0.2, -0.15) is 0 Å². The van der Waals surface area contributed by atoms with Crippen LogP contribution in [0.5, 0.6) is 5.75 Å². The average Bonchev–Trinajstić information content (AvgIpc) is 2.99. The molecule has 162 valence electrons. The van der Waals surface area contributed by atoms with Crippen LogP contribution in [0.3, 0.4) is 0 Å². The zero-order chi connectivity index (χ0) is 22.3. The first-order valence-electron chi connectivity index (χ1n) is 8.73. The van der Waals surface area contributed by atoms with E-state index in [1.807, 2.05) is 0 Å². The summed E-state index contributed by atoms with van der Waals surface area (Å²) in [7, 11) is 1.46. The second-order valence-electron chi connectivity index (χ2n) is 7.04. The summed E-state index contributed by atoms with van der Waals surface area (Å²) in [6, 6.07) is 5.33. The smallest absolute Gasteiger partial charge is 0.478 e. The van der Waals surface area contributed by atoms with Crippen LogP contribution in [0.1, 0.15) is 26.1 Å². The summed E-state index contributed by atoms with van der Waals surface area (Å²) >= 11 is 0. The lowest BCUT2D eigenvalue weighted by molar-refractivity contribution is -0.274. The summed E-state index contributed by atoms with van der Waals surface area (Å²) in [5, 5.41) is 7.82. The maximum atomic E-state index is 14.1. The molecule has 2 aromatic rings. The molecule has 0 amide bonds. The summed E-state index contributed by atoms with van der Waals surface area (Å²) < 4.78 is 90.2. The van der Waals surface area contributed by atoms with Gasteiger partial charge in [0.2, 0.25) is 0 Å². The molecule has 1 aromatic heterocycles. The molecule has 30 heavy (non-hydrogen) atoms. The van der Waals surface area contributed by atoms with Crippen LogP contribution in [0.4, 0.5) is 26.3 Å². The highest BCUT2D eigenvalue weighted by Gasteiger charge is 2.37. The van der Waals surface area contributed by atoms with Crippen LogP contribution in [0, 0.1) is 0 Å². The second-order valence-corrected chi connectivity index (χ2v) is 7.04. The first-order chi connectivity index (χ1) is 13.9. The summed E-state index contributed by atoms with van der Waals surface area (Å²) in [5.74, 6) is -3.23. The monoisotopic (exact) mass is 433 g/mol. The Bertz CT molecular complexity index is 1010. The molecule has 0 radical (unpaired) electrons. The SMILES string of the molecule is Cn1c(-c2ccccc2OC(F)(F)F)nnc1C(C)(C)OC1=C(F)C=C(F)CC1F. The third kappa shape index (κ3) is 4.44. The highest BCUT2D eigenvalue weighted by molar-refractivity contribution is 5.64. The van der Waals surface area contributed by atoms with Gasteiger partial charge in [-0.25, -0.2) is 13.2 Å². The maximum absolute atomic E-state index is 14.1. The Balaban J connectivity index is 1.97. The van der Waals surface area contributed by atoms with E-state index < -0.39 is 47.7 Å². The van der Waals surface area contributed by atoms with Crippen LogP contribution in [-0.4, -0.2) is 27.3 Å². The molecule has 1 aromatic carbocycles. The van der Waals surface area contributed by atoms with E-state index in [-0.39, 0.29) is 17.2 Å². The van der Waals surface area contributed by atoms with Gasteiger partial charge in [-0.1, -0.05) is 12.1 Å². The predicted molar refractivity (Wildman–Crippen MR) is 94.1 cm³/mol. The van der Waals surface area contributed by atoms with Gasteiger partial charge in [0.05, 0.1) is 5.56 Å². The third-order valence-electron chi connectivity index (χ3n) is 4.31. The van der Waals surface area contributed by atoms with Crippen molar-refractivity contribution in [1.82, 2.24) is 14.8 Å². The predicted octanol–water partition coefficient (Wildman–Crippen LogP) is 5.41. The number of ether oxygens (including phenoxy) is 2. The van der Waals surface area contributed by atoms with E-state index in [4.69, 9.17) is 4.74 Å². The first kappa shape index (κ1) is 21.7. The first-order valence-corrected chi connectivity index (χ1v) is 8.73. The summed E-state index contributed by atoms with van der Waals surface area (Å²) in [6.45, 7) is 2.89. The lowest BCUT2D eigenvalue weighted by atomic mass is 10.1. The Morgan fingerprint density at radius 3 is 2.37 bits per heavy atom. The van der Waals surface area contributed by atoms with Gasteiger partial charge in [0.25, 0.3) is 0 Å². The van der Waals surface area contributed by atoms with Crippen LogP contribution >= 0.6 is 0 Å². The van der Waals surface area contributed by atoms with Crippen molar-refractivity contribution in [2.45, 2.75) is 38.4 Å². The number of allylic oxidation sites excluding steroid dienone is 4. The summed E-state index contributed by atoms with van der Waals surface area (Å²) in [6.07, 6.45) is -7.06. The Morgan fingerprint density at radius 2 is 1.73 bits per heavy atom. The number of hydrogen-bond acceptors (Lipinski definition) is 4. The van der Waals surface area contributed by atoms with E-state index in [2.05, 4.69) is 14.9 Å². The Kier molecular flexibility index (Phi) is 5.57. The van der Waals surface area contributed by atoms with Gasteiger partial charge in [-0.3, -0.25) is 0 Å². The van der Waals surface area contributed by atoms with Crippen molar-refractivity contribution in [3.05, 3.63) is 53.6 Å². The minimum Gasteiger partial charge on any atom is -0.478 e. The van der Waals surface area contributed by atoms with Crippen molar-refractivity contribution >= 4 is 0 Å². The van der Waals surface area contributed by atoms with Gasteiger partial charge in [0.15, 0.2) is 35.0 Å². The number of para-hydroxylation sites is 1. The average molecular weight is 433 g/mol. The van der Waals surface area contributed by atoms with Crippen LogP contribution in [0.2, 0.25) is 0 Å². The second kappa shape index (κ2) is 7.69. The quantitative estimate of drug-likeness (QED) is 0.592. The number of halogens is 6. The van der Waals surface area contributed by atoms with Crippen molar-refractivity contribution in [1.29, 1.82) is 0 Å². The Labute approximate surface area is 167 Å². The van der Waals surface area contributed by atoms with Crippen LogP contribution in [0.15, 0.2) is 47.8 Å². The fraction of sp³-hybridized carbons (Fsp3) is 0.368. The van der Waals surface area contributed by atoms with Gasteiger partial charge < -0.3 is 14.0 Å². The number of alkyl halides is 4. The number of rotatable bonds is 5. The molecule has 0 bridgehead atoms. The van der Waals surface area contributed by atoms with Gasteiger partial charge in [0.1, 0.15) is 11.6 Å². The molecule has 0 aliphatic heterocycles. The third-order valence-corrected chi connectivity index (χ3v) is 4.31. The van der Waals surface area contributed by atoms with E-state index in [1.54, 1.807) is 0 Å². The van der Waals surface area contributed by atoms with Crippen LogP contribution < -0.4 is 4.74 Å². The topological polar surface area (TPSA) is 49.2 Å². The largest absolute Gasteiger partial charge is 0.573 e. The van der Waals surface area contributed by atoms with Crippen molar-refractivity contribution in [3.63, 3.8) is 0 Å². The molecule has 1 heterocycles. The molecule has 0 saturated heterocycles. The molecular weight excluding hydrogens is 416 g/mol. The fourth-order valence-electron chi connectivity index (χ4n) is 3.07. The lowest BCUT2D eigenvalue weighted by Gasteiger charge is -2.29. The van der Waals surface area contributed by atoms with Gasteiger partial charge >= 0.3 is 6.36 Å². The van der Waals surface area contributed by atoms with Gasteiger partial charge in [0, 0.05) is 19.5 Å². The van der Waals surface area contributed by atoms with E-state index in [1.165, 1.54) is 43.7 Å². The number of nitrogens with zero attached hydrogens (tertiary/aromatic N) is 3. The van der Waals surface area contributed by atoms with E-state index in [0.717, 1.165) is 6.07 Å². The molecule has 1 atom stereocenters. The maximum Gasteiger partial charge on any atom is 0.573 e. The van der Waals surface area contributed by atoms with Crippen LogP contribution in [-0.2, 0) is 17.4 Å². The molecule has 1 aliphatic rings. The van der Waals surface area contributed by atoms with E-state index >= 15 is 0 Å². The minimum absolute atomic E-state index is 0.00306. The molecule has 0 spiro atoms. The van der Waals surface area contributed by atoms with Crippen molar-refractivity contribution < 1.29 is 35.8 Å². The highest BCUT2D eigenvalue weighted by Crippen LogP contribution is 2.37.